The first-order chi connectivity index (χ1) is 12.7. The highest BCUT2D eigenvalue weighted by Gasteiger charge is 2.32. The number of carbonyl (C=O) groups excluding carboxylic acids is 1. The van der Waals surface area contributed by atoms with E-state index in [1.54, 1.807) is 6.20 Å². The molecule has 0 saturated carbocycles. The van der Waals surface area contributed by atoms with Gasteiger partial charge in [0.15, 0.2) is 0 Å². The summed E-state index contributed by atoms with van der Waals surface area (Å²) in [6.45, 7) is 4.07. The summed E-state index contributed by atoms with van der Waals surface area (Å²) in [5.74, 6) is -0.830. The van der Waals surface area contributed by atoms with Crippen LogP contribution in [0.2, 0.25) is 0 Å². The van der Waals surface area contributed by atoms with Gasteiger partial charge in [0.05, 0.1) is 7.11 Å². The van der Waals surface area contributed by atoms with Gasteiger partial charge in [-0.05, 0) is 23.3 Å². The molecule has 0 radical (unpaired) electrons. The van der Waals surface area contributed by atoms with Gasteiger partial charge in [0.2, 0.25) is 0 Å². The fourth-order valence-electron chi connectivity index (χ4n) is 3.27. The Kier molecular flexibility index (Phi) is 5.59. The molecule has 3 rings (SSSR count). The highest BCUT2D eigenvalue weighted by Crippen LogP contribution is 2.42. The van der Waals surface area contributed by atoms with Crippen LogP contribution in [0.1, 0.15) is 28.7 Å². The quantitative estimate of drug-likeness (QED) is 0.480. The second kappa shape index (κ2) is 8.26. The summed E-state index contributed by atoms with van der Waals surface area (Å²) in [6.07, 6.45) is 1.77. The van der Waals surface area contributed by atoms with Crippen LogP contribution in [0.5, 0.6) is 0 Å². The van der Waals surface area contributed by atoms with E-state index in [4.69, 9.17) is 4.74 Å². The van der Waals surface area contributed by atoms with Crippen molar-refractivity contribution in [3.8, 4) is 0 Å². The Balaban J connectivity index is 2.19. The highest BCUT2D eigenvalue weighted by atomic mass is 16.5. The van der Waals surface area contributed by atoms with E-state index in [0.717, 1.165) is 16.8 Å². The van der Waals surface area contributed by atoms with Gasteiger partial charge in [0.1, 0.15) is 0 Å². The molecule has 2 atom stereocenters. The second-order valence-electron chi connectivity index (χ2n) is 6.05. The van der Waals surface area contributed by atoms with Crippen LogP contribution in [0, 0.1) is 0 Å². The lowest BCUT2D eigenvalue weighted by Gasteiger charge is -2.28. The number of benzene rings is 2. The standard InChI is InChI=1S/C23H21NO2/c1-17(23(25)26-2)21(18-11-5-3-6-12-18)22(19-13-7-4-8-14-19)20-15-9-10-16-24-20/h3-16,21-22H,1H2,2H3/t21-,22-/m1/s1. The van der Waals surface area contributed by atoms with Crippen molar-refractivity contribution >= 4 is 5.97 Å². The molecule has 3 heteroatoms. The molecule has 0 aliphatic heterocycles. The molecule has 0 fully saturated rings. The maximum absolute atomic E-state index is 12.4. The van der Waals surface area contributed by atoms with Crippen molar-refractivity contribution in [2.24, 2.45) is 0 Å². The maximum atomic E-state index is 12.4. The van der Waals surface area contributed by atoms with Crippen molar-refractivity contribution in [3.63, 3.8) is 0 Å². The normalized spacial score (nSPS) is 12.8. The fourth-order valence-corrected chi connectivity index (χ4v) is 3.27. The minimum Gasteiger partial charge on any atom is -0.466 e. The summed E-state index contributed by atoms with van der Waals surface area (Å²) in [5.41, 5.74) is 3.38. The number of carbonyl (C=O) groups is 1. The summed E-state index contributed by atoms with van der Waals surface area (Å²) < 4.78 is 4.98. The van der Waals surface area contributed by atoms with Crippen LogP contribution in [-0.4, -0.2) is 18.1 Å². The predicted octanol–water partition coefficient (Wildman–Crippen LogP) is 4.73. The van der Waals surface area contributed by atoms with Crippen molar-refractivity contribution in [2.45, 2.75) is 11.8 Å². The van der Waals surface area contributed by atoms with E-state index in [-0.39, 0.29) is 11.8 Å². The van der Waals surface area contributed by atoms with E-state index in [9.17, 15) is 4.79 Å². The highest BCUT2D eigenvalue weighted by molar-refractivity contribution is 5.90. The van der Waals surface area contributed by atoms with Gasteiger partial charge in [-0.15, -0.1) is 0 Å². The summed E-state index contributed by atoms with van der Waals surface area (Å²) in [7, 11) is 1.38. The maximum Gasteiger partial charge on any atom is 0.333 e. The van der Waals surface area contributed by atoms with Crippen LogP contribution in [0.25, 0.3) is 0 Å². The number of nitrogens with zero attached hydrogens (tertiary/aromatic N) is 1. The average Bonchev–Trinajstić information content (AvgIpc) is 2.72. The molecule has 2 aromatic carbocycles. The molecule has 0 amide bonds. The van der Waals surface area contributed by atoms with Crippen LogP contribution in [0.4, 0.5) is 0 Å². The molecule has 130 valence electrons. The average molecular weight is 343 g/mol. The first-order valence-corrected chi connectivity index (χ1v) is 8.50. The molecule has 0 saturated heterocycles. The van der Waals surface area contributed by atoms with Crippen molar-refractivity contribution in [1.29, 1.82) is 0 Å². The van der Waals surface area contributed by atoms with Crippen LogP contribution < -0.4 is 0 Å². The zero-order chi connectivity index (χ0) is 18.4. The van der Waals surface area contributed by atoms with Gasteiger partial charge in [0.25, 0.3) is 0 Å². The number of ether oxygens (including phenoxy) is 1. The van der Waals surface area contributed by atoms with E-state index >= 15 is 0 Å². The number of esters is 1. The fraction of sp³-hybridized carbons (Fsp3) is 0.130. The Morgan fingerprint density at radius 1 is 0.885 bits per heavy atom. The molecule has 0 bridgehead atoms. The third-order valence-corrected chi connectivity index (χ3v) is 4.48. The second-order valence-corrected chi connectivity index (χ2v) is 6.05. The Hall–Kier alpha value is -3.20. The molecular formula is C23H21NO2. The van der Waals surface area contributed by atoms with E-state index in [1.165, 1.54) is 7.11 Å². The van der Waals surface area contributed by atoms with Crippen LogP contribution in [0.15, 0.2) is 97.2 Å². The number of methoxy groups -OCH3 is 1. The third-order valence-electron chi connectivity index (χ3n) is 4.48. The predicted molar refractivity (Wildman–Crippen MR) is 103 cm³/mol. The van der Waals surface area contributed by atoms with E-state index in [0.29, 0.717) is 5.57 Å². The molecule has 0 spiro atoms. The Morgan fingerprint density at radius 2 is 1.46 bits per heavy atom. The summed E-state index contributed by atoms with van der Waals surface area (Å²) in [5, 5.41) is 0. The molecule has 0 aliphatic rings. The van der Waals surface area contributed by atoms with E-state index < -0.39 is 5.97 Å². The lowest BCUT2D eigenvalue weighted by Crippen LogP contribution is -2.21. The van der Waals surface area contributed by atoms with Gasteiger partial charge in [-0.1, -0.05) is 73.3 Å². The van der Waals surface area contributed by atoms with Crippen molar-refractivity contribution in [1.82, 2.24) is 4.98 Å². The van der Waals surface area contributed by atoms with Crippen molar-refractivity contribution < 1.29 is 9.53 Å². The molecule has 0 unspecified atom stereocenters. The Labute approximate surface area is 154 Å². The molecule has 26 heavy (non-hydrogen) atoms. The molecule has 1 heterocycles. The third kappa shape index (κ3) is 3.72. The number of rotatable bonds is 6. The number of aromatic nitrogens is 1. The molecular weight excluding hydrogens is 322 g/mol. The number of pyridine rings is 1. The number of hydrogen-bond donors (Lipinski definition) is 0. The summed E-state index contributed by atoms with van der Waals surface area (Å²) >= 11 is 0. The largest absolute Gasteiger partial charge is 0.466 e. The first-order valence-electron chi connectivity index (χ1n) is 8.50. The van der Waals surface area contributed by atoms with Crippen LogP contribution >= 0.6 is 0 Å². The zero-order valence-electron chi connectivity index (χ0n) is 14.7. The summed E-state index contributed by atoms with van der Waals surface area (Å²) in [4.78, 5) is 16.9. The topological polar surface area (TPSA) is 39.2 Å². The molecule has 1 aromatic heterocycles. The lowest BCUT2D eigenvalue weighted by molar-refractivity contribution is -0.136. The van der Waals surface area contributed by atoms with Crippen LogP contribution in [-0.2, 0) is 9.53 Å². The Bertz CT molecular complexity index is 821. The zero-order valence-corrected chi connectivity index (χ0v) is 14.7. The summed E-state index contributed by atoms with van der Waals surface area (Å²) in [6, 6.07) is 25.8. The van der Waals surface area contributed by atoms with Gasteiger partial charge < -0.3 is 4.74 Å². The molecule has 3 nitrogen and oxygen atoms in total. The number of hydrogen-bond acceptors (Lipinski definition) is 3. The van der Waals surface area contributed by atoms with Crippen LogP contribution in [0.3, 0.4) is 0 Å². The molecule has 0 aliphatic carbocycles. The minimum absolute atomic E-state index is 0.147. The van der Waals surface area contributed by atoms with E-state index in [1.807, 2.05) is 66.7 Å². The first kappa shape index (κ1) is 17.6. The van der Waals surface area contributed by atoms with Gasteiger partial charge in [0, 0.05) is 29.3 Å². The van der Waals surface area contributed by atoms with Gasteiger partial charge in [-0.2, -0.15) is 0 Å². The van der Waals surface area contributed by atoms with Gasteiger partial charge in [-0.25, -0.2) is 4.79 Å². The Morgan fingerprint density at radius 3 is 2.00 bits per heavy atom. The smallest absolute Gasteiger partial charge is 0.333 e. The molecule has 3 aromatic rings. The van der Waals surface area contributed by atoms with E-state index in [2.05, 4.69) is 23.7 Å². The van der Waals surface area contributed by atoms with Gasteiger partial charge >= 0.3 is 5.97 Å². The lowest BCUT2D eigenvalue weighted by atomic mass is 9.75. The van der Waals surface area contributed by atoms with Crippen molar-refractivity contribution in [3.05, 3.63) is 114 Å². The SMILES string of the molecule is C=C(C(=O)OC)[C@H](c1ccccc1)[C@H](c1ccccc1)c1ccccn1. The van der Waals surface area contributed by atoms with Crippen molar-refractivity contribution in [2.75, 3.05) is 7.11 Å². The minimum atomic E-state index is -0.407. The van der Waals surface area contributed by atoms with Gasteiger partial charge in [-0.3, -0.25) is 4.98 Å². The monoisotopic (exact) mass is 343 g/mol. The molecule has 0 N–H and O–H groups in total.